The predicted molar refractivity (Wildman–Crippen MR) is 102 cm³/mol. The highest BCUT2D eigenvalue weighted by atomic mass is 16.5. The average Bonchev–Trinajstić information content (AvgIpc) is 2.69. The van der Waals surface area contributed by atoms with Crippen molar-refractivity contribution in [3.63, 3.8) is 0 Å². The molecule has 0 spiro atoms. The summed E-state index contributed by atoms with van der Waals surface area (Å²) in [4.78, 5) is 12.4. The zero-order chi connectivity index (χ0) is 18.2. The second kappa shape index (κ2) is 8.72. The van der Waals surface area contributed by atoms with Crippen LogP contribution in [0.2, 0.25) is 0 Å². The van der Waals surface area contributed by atoms with Gasteiger partial charge in [-0.25, -0.2) is 0 Å². The van der Waals surface area contributed by atoms with Crippen LogP contribution < -0.4 is 14.8 Å². The largest absolute Gasteiger partial charge is 0.497 e. The van der Waals surface area contributed by atoms with Gasteiger partial charge in [0.05, 0.1) is 7.11 Å². The lowest BCUT2D eigenvalue weighted by atomic mass is 10.1. The first-order valence-electron chi connectivity index (χ1n) is 8.49. The van der Waals surface area contributed by atoms with Gasteiger partial charge in [-0.15, -0.1) is 0 Å². The summed E-state index contributed by atoms with van der Waals surface area (Å²) in [6.45, 7) is 0.564. The zero-order valence-corrected chi connectivity index (χ0v) is 14.6. The molecule has 0 fully saturated rings. The molecule has 132 valence electrons. The van der Waals surface area contributed by atoms with E-state index in [0.29, 0.717) is 17.9 Å². The molecule has 1 N–H and O–H groups in total. The van der Waals surface area contributed by atoms with E-state index in [2.05, 4.69) is 5.32 Å². The maximum atomic E-state index is 12.4. The van der Waals surface area contributed by atoms with Crippen molar-refractivity contribution in [3.8, 4) is 17.2 Å². The number of nitrogens with one attached hydrogen (secondary N) is 1. The summed E-state index contributed by atoms with van der Waals surface area (Å²) in [6.07, 6.45) is 0.760. The Morgan fingerprint density at radius 1 is 0.846 bits per heavy atom. The quantitative estimate of drug-likeness (QED) is 0.686. The van der Waals surface area contributed by atoms with Gasteiger partial charge in [0.1, 0.15) is 17.2 Å². The van der Waals surface area contributed by atoms with E-state index in [4.69, 9.17) is 9.47 Å². The van der Waals surface area contributed by atoms with Gasteiger partial charge in [0.2, 0.25) is 0 Å². The fraction of sp³-hybridized carbons (Fsp3) is 0.136. The summed E-state index contributed by atoms with van der Waals surface area (Å²) in [7, 11) is 1.64. The minimum absolute atomic E-state index is 0.114. The Bertz CT molecular complexity index is 845. The molecule has 26 heavy (non-hydrogen) atoms. The maximum Gasteiger partial charge on any atom is 0.251 e. The summed E-state index contributed by atoms with van der Waals surface area (Å²) >= 11 is 0. The van der Waals surface area contributed by atoms with Crippen molar-refractivity contribution in [3.05, 3.63) is 90.0 Å². The molecule has 0 unspecified atom stereocenters. The molecule has 0 bridgehead atoms. The van der Waals surface area contributed by atoms with Crippen molar-refractivity contribution >= 4 is 5.91 Å². The molecule has 3 aromatic rings. The van der Waals surface area contributed by atoms with Gasteiger partial charge in [0, 0.05) is 12.1 Å². The Balaban J connectivity index is 1.55. The molecule has 3 rings (SSSR count). The molecule has 0 aliphatic heterocycles. The third-order valence-electron chi connectivity index (χ3n) is 3.93. The van der Waals surface area contributed by atoms with E-state index in [0.717, 1.165) is 23.5 Å². The number of hydrogen-bond donors (Lipinski definition) is 1. The van der Waals surface area contributed by atoms with Crippen molar-refractivity contribution in [1.82, 2.24) is 5.32 Å². The second-order valence-corrected chi connectivity index (χ2v) is 5.80. The van der Waals surface area contributed by atoms with E-state index >= 15 is 0 Å². The molecule has 0 saturated carbocycles. The van der Waals surface area contributed by atoms with Crippen molar-refractivity contribution in [2.75, 3.05) is 13.7 Å². The van der Waals surface area contributed by atoms with Crippen molar-refractivity contribution in [2.24, 2.45) is 0 Å². The van der Waals surface area contributed by atoms with Crippen LogP contribution in [0, 0.1) is 0 Å². The monoisotopic (exact) mass is 347 g/mol. The number of rotatable bonds is 7. The Hall–Kier alpha value is -3.27. The summed E-state index contributed by atoms with van der Waals surface area (Å²) in [5.74, 6) is 2.09. The lowest BCUT2D eigenvalue weighted by Crippen LogP contribution is -2.25. The third kappa shape index (κ3) is 4.86. The van der Waals surface area contributed by atoms with Crippen molar-refractivity contribution < 1.29 is 14.3 Å². The van der Waals surface area contributed by atoms with Gasteiger partial charge in [-0.05, 0) is 54.4 Å². The van der Waals surface area contributed by atoms with Crippen LogP contribution in [0.1, 0.15) is 15.9 Å². The molecule has 0 saturated heterocycles. The van der Waals surface area contributed by atoms with Crippen LogP contribution in [0.25, 0.3) is 0 Å². The average molecular weight is 347 g/mol. The molecule has 0 atom stereocenters. The molecule has 0 aromatic heterocycles. The molecule has 0 radical (unpaired) electrons. The number of benzene rings is 3. The molecule has 3 aromatic carbocycles. The highest BCUT2D eigenvalue weighted by Gasteiger charge is 2.07. The van der Waals surface area contributed by atoms with Crippen LogP contribution in [0.5, 0.6) is 17.2 Å². The fourth-order valence-electron chi connectivity index (χ4n) is 2.54. The van der Waals surface area contributed by atoms with E-state index in [-0.39, 0.29) is 5.91 Å². The molecular formula is C22H21NO3. The minimum Gasteiger partial charge on any atom is -0.497 e. The molecular weight excluding hydrogens is 326 g/mol. The number of hydrogen-bond acceptors (Lipinski definition) is 3. The van der Waals surface area contributed by atoms with E-state index in [1.165, 1.54) is 0 Å². The van der Waals surface area contributed by atoms with Crippen LogP contribution >= 0.6 is 0 Å². The predicted octanol–water partition coefficient (Wildman–Crippen LogP) is 4.46. The van der Waals surface area contributed by atoms with E-state index in [9.17, 15) is 4.79 Å². The van der Waals surface area contributed by atoms with Gasteiger partial charge < -0.3 is 14.8 Å². The molecule has 0 heterocycles. The van der Waals surface area contributed by atoms with Crippen molar-refractivity contribution in [1.29, 1.82) is 0 Å². The first-order valence-corrected chi connectivity index (χ1v) is 8.49. The summed E-state index contributed by atoms with van der Waals surface area (Å²) < 4.78 is 10.9. The first-order chi connectivity index (χ1) is 12.7. The highest BCUT2D eigenvalue weighted by Crippen LogP contribution is 2.21. The van der Waals surface area contributed by atoms with E-state index in [1.807, 2.05) is 66.7 Å². The summed E-state index contributed by atoms with van der Waals surface area (Å²) in [5.41, 5.74) is 1.72. The standard InChI is InChI=1S/C22H21NO3/c1-25-19-12-10-17(11-13-19)14-15-23-22(24)18-6-5-9-21(16-18)26-20-7-3-2-4-8-20/h2-13,16H,14-15H2,1H3,(H,23,24). The van der Waals surface area contributed by atoms with Crippen molar-refractivity contribution in [2.45, 2.75) is 6.42 Å². The van der Waals surface area contributed by atoms with Crippen LogP contribution in [-0.2, 0) is 6.42 Å². The normalized spacial score (nSPS) is 10.2. The lowest BCUT2D eigenvalue weighted by molar-refractivity contribution is 0.0954. The lowest BCUT2D eigenvalue weighted by Gasteiger charge is -2.09. The number of carbonyl (C=O) groups is 1. The van der Waals surface area contributed by atoms with Gasteiger partial charge in [-0.2, -0.15) is 0 Å². The Labute approximate surface area is 153 Å². The maximum absolute atomic E-state index is 12.4. The highest BCUT2D eigenvalue weighted by molar-refractivity contribution is 5.94. The fourth-order valence-corrected chi connectivity index (χ4v) is 2.54. The number of amides is 1. The molecule has 4 nitrogen and oxygen atoms in total. The van der Waals surface area contributed by atoms with Gasteiger partial charge in [0.15, 0.2) is 0 Å². The number of para-hydroxylation sites is 1. The summed E-state index contributed by atoms with van der Waals surface area (Å²) in [6, 6.07) is 24.5. The number of methoxy groups -OCH3 is 1. The smallest absolute Gasteiger partial charge is 0.251 e. The number of carbonyl (C=O) groups excluding carboxylic acids is 1. The minimum atomic E-state index is -0.114. The van der Waals surface area contributed by atoms with Crippen LogP contribution in [-0.4, -0.2) is 19.6 Å². The van der Waals surface area contributed by atoms with Crippen LogP contribution in [0.15, 0.2) is 78.9 Å². The van der Waals surface area contributed by atoms with E-state index < -0.39 is 0 Å². The first kappa shape index (κ1) is 17.5. The van der Waals surface area contributed by atoms with Gasteiger partial charge >= 0.3 is 0 Å². The Morgan fingerprint density at radius 3 is 2.31 bits per heavy atom. The molecule has 0 aliphatic rings. The topological polar surface area (TPSA) is 47.6 Å². The van der Waals surface area contributed by atoms with Gasteiger partial charge in [-0.3, -0.25) is 4.79 Å². The molecule has 4 heteroatoms. The zero-order valence-electron chi connectivity index (χ0n) is 14.6. The molecule has 1 amide bonds. The Morgan fingerprint density at radius 2 is 1.58 bits per heavy atom. The SMILES string of the molecule is COc1ccc(CCNC(=O)c2cccc(Oc3ccccc3)c2)cc1. The summed E-state index contributed by atoms with van der Waals surface area (Å²) in [5, 5.41) is 2.94. The Kier molecular flexibility index (Phi) is 5.88. The van der Waals surface area contributed by atoms with Gasteiger partial charge in [-0.1, -0.05) is 36.4 Å². The van der Waals surface area contributed by atoms with E-state index in [1.54, 1.807) is 19.2 Å². The van der Waals surface area contributed by atoms with Crippen LogP contribution in [0.4, 0.5) is 0 Å². The third-order valence-corrected chi connectivity index (χ3v) is 3.93. The number of ether oxygens (including phenoxy) is 2. The van der Waals surface area contributed by atoms with Crippen LogP contribution in [0.3, 0.4) is 0 Å². The second-order valence-electron chi connectivity index (χ2n) is 5.80. The molecule has 0 aliphatic carbocycles. The van der Waals surface area contributed by atoms with Gasteiger partial charge in [0.25, 0.3) is 5.91 Å².